The van der Waals surface area contributed by atoms with Crippen molar-refractivity contribution in [1.29, 1.82) is 0 Å². The maximum Gasteiger partial charge on any atom is 0.289 e. The summed E-state index contributed by atoms with van der Waals surface area (Å²) >= 11 is 0. The highest BCUT2D eigenvalue weighted by atomic mass is 32.2. The number of rotatable bonds is 6. The number of carbonyl (C=O) groups excluding carboxylic acids is 1. The lowest BCUT2D eigenvalue weighted by Gasteiger charge is -2.50. The molecule has 0 unspecified atom stereocenters. The molecule has 1 aliphatic carbocycles. The van der Waals surface area contributed by atoms with Gasteiger partial charge < -0.3 is 10.1 Å². The average Bonchev–Trinajstić information content (AvgIpc) is 2.73. The number of nitro benzene ring substituents is 1. The largest absolute Gasteiger partial charge is 0.370 e. The minimum atomic E-state index is -3.96. The van der Waals surface area contributed by atoms with E-state index < -0.39 is 20.6 Å². The summed E-state index contributed by atoms with van der Waals surface area (Å²) in [5.41, 5.74) is -0.416. The second-order valence-electron chi connectivity index (χ2n) is 8.32. The summed E-state index contributed by atoms with van der Waals surface area (Å²) in [5.74, 6) is 0.190. The van der Waals surface area contributed by atoms with E-state index in [0.29, 0.717) is 19.4 Å². The van der Waals surface area contributed by atoms with E-state index in [0.717, 1.165) is 25.7 Å². The monoisotopic (exact) mass is 437 g/mol. The van der Waals surface area contributed by atoms with Crippen LogP contribution in [0, 0.1) is 16.0 Å². The number of benzene rings is 1. The van der Waals surface area contributed by atoms with E-state index in [9.17, 15) is 23.3 Å². The van der Waals surface area contributed by atoms with Crippen LogP contribution in [0.3, 0.4) is 0 Å². The summed E-state index contributed by atoms with van der Waals surface area (Å²) in [6.45, 7) is 0.613. The van der Waals surface area contributed by atoms with Gasteiger partial charge in [0.05, 0.1) is 23.2 Å². The molecule has 10 heteroatoms. The Labute approximate surface area is 176 Å². The molecule has 1 aromatic rings. The molecular formula is C20H27N3O6S. The van der Waals surface area contributed by atoms with Crippen LogP contribution in [0.5, 0.6) is 0 Å². The van der Waals surface area contributed by atoms with Gasteiger partial charge in [0.2, 0.25) is 15.9 Å². The fraction of sp³-hybridized carbons (Fsp3) is 0.650. The second-order valence-corrected chi connectivity index (χ2v) is 10.2. The van der Waals surface area contributed by atoms with Crippen molar-refractivity contribution in [2.75, 3.05) is 13.1 Å². The molecule has 1 amide bonds. The molecule has 3 fully saturated rings. The Kier molecular flexibility index (Phi) is 6.08. The summed E-state index contributed by atoms with van der Waals surface area (Å²) in [7, 11) is -3.96. The number of fused-ring (bicyclic) bond motifs is 1. The van der Waals surface area contributed by atoms with Gasteiger partial charge in [-0.3, -0.25) is 14.9 Å². The average molecular weight is 438 g/mol. The van der Waals surface area contributed by atoms with Gasteiger partial charge in [-0.15, -0.1) is 0 Å². The Morgan fingerprint density at radius 3 is 2.60 bits per heavy atom. The van der Waals surface area contributed by atoms with Crippen LogP contribution in [0.1, 0.15) is 44.9 Å². The van der Waals surface area contributed by atoms with Crippen LogP contribution in [0.2, 0.25) is 0 Å². The van der Waals surface area contributed by atoms with Crippen molar-refractivity contribution < 1.29 is 22.9 Å². The molecule has 3 atom stereocenters. The van der Waals surface area contributed by atoms with Gasteiger partial charge in [0.25, 0.3) is 5.69 Å². The zero-order chi connectivity index (χ0) is 21.3. The van der Waals surface area contributed by atoms with Crippen LogP contribution < -0.4 is 5.32 Å². The van der Waals surface area contributed by atoms with Crippen molar-refractivity contribution in [2.45, 2.75) is 68.1 Å². The predicted molar refractivity (Wildman–Crippen MR) is 108 cm³/mol. The van der Waals surface area contributed by atoms with E-state index in [2.05, 4.69) is 5.32 Å². The van der Waals surface area contributed by atoms with E-state index in [-0.39, 0.29) is 41.5 Å². The molecule has 4 rings (SSSR count). The van der Waals surface area contributed by atoms with Crippen molar-refractivity contribution in [3.8, 4) is 0 Å². The summed E-state index contributed by atoms with van der Waals surface area (Å²) in [6.07, 6.45) is 6.16. The van der Waals surface area contributed by atoms with Crippen LogP contribution in [0.4, 0.5) is 5.69 Å². The Bertz CT molecular complexity index is 915. The lowest BCUT2D eigenvalue weighted by Crippen LogP contribution is -2.66. The summed E-state index contributed by atoms with van der Waals surface area (Å²) < 4.78 is 33.3. The van der Waals surface area contributed by atoms with Crippen LogP contribution in [-0.2, 0) is 19.6 Å². The molecule has 2 aliphatic heterocycles. The maximum atomic E-state index is 13.0. The maximum absolute atomic E-state index is 13.0. The number of hydrogen-bond donors (Lipinski definition) is 1. The number of ether oxygens (including phenoxy) is 1. The van der Waals surface area contributed by atoms with E-state index >= 15 is 0 Å². The number of para-hydroxylation sites is 1. The predicted octanol–water partition coefficient (Wildman–Crippen LogP) is 2.21. The molecule has 3 aliphatic rings. The minimum absolute atomic E-state index is 0.0922. The molecule has 0 bridgehead atoms. The molecule has 1 aromatic carbocycles. The van der Waals surface area contributed by atoms with Gasteiger partial charge in [-0.05, 0) is 31.7 Å². The number of hydrogen-bond acceptors (Lipinski definition) is 6. The number of carbonyl (C=O) groups is 1. The zero-order valence-corrected chi connectivity index (χ0v) is 17.6. The van der Waals surface area contributed by atoms with Crippen LogP contribution in [0.25, 0.3) is 0 Å². The molecular weight excluding hydrogens is 410 g/mol. The molecule has 2 heterocycles. The minimum Gasteiger partial charge on any atom is -0.370 e. The SMILES string of the molecule is O=C(NC[C@@H]1CC[C@@H]2[C@@H](CN2S(=O)(=O)c2ccccc2[N+](=O)[O-])O1)C1CCCCC1. The van der Waals surface area contributed by atoms with Gasteiger partial charge in [0.1, 0.15) is 0 Å². The molecule has 30 heavy (non-hydrogen) atoms. The second kappa shape index (κ2) is 8.60. The number of amides is 1. The molecule has 0 radical (unpaired) electrons. The highest BCUT2D eigenvalue weighted by molar-refractivity contribution is 7.89. The van der Waals surface area contributed by atoms with Gasteiger partial charge >= 0.3 is 0 Å². The van der Waals surface area contributed by atoms with Crippen molar-refractivity contribution in [2.24, 2.45) is 5.92 Å². The molecule has 0 aromatic heterocycles. The van der Waals surface area contributed by atoms with Crippen LogP contribution in [-0.4, -0.2) is 54.9 Å². The first kappa shape index (κ1) is 21.2. The molecule has 9 nitrogen and oxygen atoms in total. The molecule has 0 spiro atoms. The van der Waals surface area contributed by atoms with Gasteiger partial charge in [0, 0.05) is 25.1 Å². The third-order valence-electron chi connectivity index (χ3n) is 6.44. The highest BCUT2D eigenvalue weighted by Gasteiger charge is 2.51. The van der Waals surface area contributed by atoms with E-state index in [1.165, 1.54) is 35.0 Å². The third-order valence-corrected chi connectivity index (χ3v) is 8.38. The first-order valence-electron chi connectivity index (χ1n) is 10.6. The Morgan fingerprint density at radius 1 is 1.17 bits per heavy atom. The number of nitro groups is 1. The van der Waals surface area contributed by atoms with Crippen LogP contribution in [0.15, 0.2) is 29.2 Å². The van der Waals surface area contributed by atoms with Crippen molar-refractivity contribution in [3.05, 3.63) is 34.4 Å². The smallest absolute Gasteiger partial charge is 0.289 e. The van der Waals surface area contributed by atoms with Gasteiger partial charge in [-0.25, -0.2) is 8.42 Å². The fourth-order valence-corrected chi connectivity index (χ4v) is 6.57. The highest BCUT2D eigenvalue weighted by Crippen LogP contribution is 2.38. The molecule has 164 valence electrons. The standard InChI is InChI=1S/C20H27N3O6S/c24-20(14-6-2-1-3-7-14)21-12-15-10-11-16-18(29-15)13-22(16)30(27,28)19-9-5-4-8-17(19)23(25)26/h4-5,8-9,14-16,18H,1-3,6-7,10-13H2,(H,21,24)/t15-,16+,18+/m0/s1. The number of nitrogens with zero attached hydrogens (tertiary/aromatic N) is 2. The number of nitrogens with one attached hydrogen (secondary N) is 1. The normalized spacial score (nSPS) is 27.7. The number of sulfonamides is 1. The van der Waals surface area contributed by atoms with Crippen LogP contribution >= 0.6 is 0 Å². The van der Waals surface area contributed by atoms with Crippen molar-refractivity contribution >= 4 is 21.6 Å². The quantitative estimate of drug-likeness (QED) is 0.538. The van der Waals surface area contributed by atoms with Gasteiger partial charge in [-0.1, -0.05) is 31.4 Å². The van der Waals surface area contributed by atoms with Gasteiger partial charge in [-0.2, -0.15) is 4.31 Å². The molecule has 1 saturated carbocycles. The summed E-state index contributed by atoms with van der Waals surface area (Å²) in [5, 5.41) is 14.2. The Hall–Kier alpha value is -2.04. The summed E-state index contributed by atoms with van der Waals surface area (Å²) in [6, 6.07) is 5.09. The van der Waals surface area contributed by atoms with E-state index in [4.69, 9.17) is 4.74 Å². The van der Waals surface area contributed by atoms with Crippen molar-refractivity contribution in [3.63, 3.8) is 0 Å². The van der Waals surface area contributed by atoms with E-state index in [1.54, 1.807) is 0 Å². The molecule has 1 N–H and O–H groups in total. The summed E-state index contributed by atoms with van der Waals surface area (Å²) in [4.78, 5) is 22.6. The van der Waals surface area contributed by atoms with Gasteiger partial charge in [0.15, 0.2) is 4.90 Å². The third kappa shape index (κ3) is 4.08. The first-order valence-corrected chi connectivity index (χ1v) is 12.0. The molecule has 2 saturated heterocycles. The Balaban J connectivity index is 1.33. The first-order chi connectivity index (χ1) is 14.4. The van der Waals surface area contributed by atoms with Crippen molar-refractivity contribution in [1.82, 2.24) is 9.62 Å². The fourth-order valence-electron chi connectivity index (χ4n) is 4.72. The Morgan fingerprint density at radius 2 is 1.90 bits per heavy atom. The van der Waals surface area contributed by atoms with E-state index in [1.807, 2.05) is 0 Å². The zero-order valence-electron chi connectivity index (χ0n) is 16.7. The topological polar surface area (TPSA) is 119 Å². The lowest BCUT2D eigenvalue weighted by atomic mass is 9.88. The lowest BCUT2D eigenvalue weighted by molar-refractivity contribution is -0.387.